The normalized spacial score (nSPS) is 11.6. The third-order valence-electron chi connectivity index (χ3n) is 3.91. The standard InChI is InChI=1S/C11H22N4O4.C10H9NO2/c1-11(2,3)19-10(18)15-7(8(16)17)5-4-6-14-9(12)13;1-6-4-10(12)13-9-5-7(11)2-3-8(6)9/h7H,4-6H2,1-3H3,(H,15,18)(H,16,17)(H4,12,13,14);2-5H,11H2,1H3. The fourth-order valence-corrected chi connectivity index (χ4v) is 2.55. The highest BCUT2D eigenvalue weighted by Crippen LogP contribution is 2.18. The molecule has 8 N–H and O–H groups in total. The van der Waals surface area contributed by atoms with Crippen molar-refractivity contribution < 1.29 is 23.8 Å². The summed E-state index contributed by atoms with van der Waals surface area (Å²) in [6, 6.07) is 5.74. The van der Waals surface area contributed by atoms with E-state index in [1.807, 2.05) is 13.0 Å². The predicted octanol–water partition coefficient (Wildman–Crippen LogP) is 1.70. The second kappa shape index (κ2) is 11.6. The van der Waals surface area contributed by atoms with Crippen molar-refractivity contribution in [2.75, 3.05) is 12.3 Å². The average molecular weight is 450 g/mol. The molecule has 11 nitrogen and oxygen atoms in total. The van der Waals surface area contributed by atoms with Crippen molar-refractivity contribution in [1.29, 1.82) is 0 Å². The Kier molecular flexibility index (Phi) is 9.51. The van der Waals surface area contributed by atoms with Gasteiger partial charge in [0.25, 0.3) is 0 Å². The van der Waals surface area contributed by atoms with E-state index in [1.54, 1.807) is 32.9 Å². The number of carbonyl (C=O) groups is 2. The molecule has 0 spiro atoms. The van der Waals surface area contributed by atoms with Gasteiger partial charge in [-0.2, -0.15) is 0 Å². The summed E-state index contributed by atoms with van der Waals surface area (Å²) < 4.78 is 9.97. The summed E-state index contributed by atoms with van der Waals surface area (Å²) in [5, 5.41) is 12.2. The lowest BCUT2D eigenvalue weighted by atomic mass is 10.1. The van der Waals surface area contributed by atoms with Crippen LogP contribution >= 0.6 is 0 Å². The zero-order valence-corrected chi connectivity index (χ0v) is 18.7. The van der Waals surface area contributed by atoms with Crippen LogP contribution in [-0.4, -0.2) is 41.3 Å². The van der Waals surface area contributed by atoms with Gasteiger partial charge in [-0.1, -0.05) is 0 Å². The second-order valence-corrected chi connectivity index (χ2v) is 7.99. The summed E-state index contributed by atoms with van der Waals surface area (Å²) in [4.78, 5) is 37.2. The third-order valence-corrected chi connectivity index (χ3v) is 3.91. The van der Waals surface area contributed by atoms with Crippen LogP contribution in [0.3, 0.4) is 0 Å². The van der Waals surface area contributed by atoms with Gasteiger partial charge in [0.1, 0.15) is 17.2 Å². The summed E-state index contributed by atoms with van der Waals surface area (Å²) in [5.74, 6) is -1.18. The van der Waals surface area contributed by atoms with Crippen molar-refractivity contribution >= 4 is 34.7 Å². The topological polar surface area (TPSA) is 196 Å². The molecule has 0 bridgehead atoms. The average Bonchev–Trinajstić information content (AvgIpc) is 2.62. The van der Waals surface area contributed by atoms with E-state index in [0.29, 0.717) is 24.2 Å². The van der Waals surface area contributed by atoms with Gasteiger partial charge in [0.2, 0.25) is 0 Å². The van der Waals surface area contributed by atoms with Gasteiger partial charge in [0.05, 0.1) is 0 Å². The minimum atomic E-state index is -1.13. The molecular formula is C21H31N5O6. The maximum Gasteiger partial charge on any atom is 0.408 e. The number of nitrogens with two attached hydrogens (primary N) is 3. The molecule has 0 fully saturated rings. The van der Waals surface area contributed by atoms with Crippen LogP contribution in [-0.2, 0) is 9.53 Å². The van der Waals surface area contributed by atoms with Crippen LogP contribution < -0.4 is 28.1 Å². The number of alkyl carbamates (subject to hydrolysis) is 1. The zero-order valence-electron chi connectivity index (χ0n) is 18.7. The quantitative estimate of drug-likeness (QED) is 0.143. The SMILES string of the molecule is CC(C)(C)OC(=O)NC(CCCN=C(N)N)C(=O)O.Cc1cc(=O)oc2cc(N)ccc12. The molecule has 0 saturated carbocycles. The van der Waals surface area contributed by atoms with Crippen LogP contribution in [0.4, 0.5) is 10.5 Å². The minimum Gasteiger partial charge on any atom is -0.480 e. The number of nitrogens with one attached hydrogen (secondary N) is 1. The zero-order chi connectivity index (χ0) is 24.5. The largest absolute Gasteiger partial charge is 0.480 e. The molecule has 11 heteroatoms. The Morgan fingerprint density at radius 2 is 1.91 bits per heavy atom. The van der Waals surface area contributed by atoms with Gasteiger partial charge < -0.3 is 36.8 Å². The van der Waals surface area contributed by atoms with Gasteiger partial charge in [0.15, 0.2) is 5.96 Å². The lowest BCUT2D eigenvalue weighted by Gasteiger charge is -2.21. The molecule has 0 aliphatic heterocycles. The molecular weight excluding hydrogens is 418 g/mol. The lowest BCUT2D eigenvalue weighted by molar-refractivity contribution is -0.139. The van der Waals surface area contributed by atoms with Crippen LogP contribution in [0, 0.1) is 6.92 Å². The Bertz CT molecular complexity index is 1020. The lowest BCUT2D eigenvalue weighted by Crippen LogP contribution is -2.43. The Balaban J connectivity index is 0.000000339. The number of amides is 1. The number of nitrogen functional groups attached to an aromatic ring is 1. The first-order valence-corrected chi connectivity index (χ1v) is 9.86. The van der Waals surface area contributed by atoms with E-state index in [0.717, 1.165) is 10.9 Å². The van der Waals surface area contributed by atoms with Crippen LogP contribution in [0.5, 0.6) is 0 Å². The molecule has 0 radical (unpaired) electrons. The van der Waals surface area contributed by atoms with Gasteiger partial charge >= 0.3 is 17.7 Å². The number of aryl methyl sites for hydroxylation is 1. The maximum absolute atomic E-state index is 11.5. The van der Waals surface area contributed by atoms with Gasteiger partial charge in [-0.3, -0.25) is 4.99 Å². The van der Waals surface area contributed by atoms with E-state index in [2.05, 4.69) is 10.3 Å². The number of aliphatic imine (C=N–C) groups is 1. The highest BCUT2D eigenvalue weighted by Gasteiger charge is 2.23. The third kappa shape index (κ3) is 9.83. The molecule has 1 amide bonds. The fourth-order valence-electron chi connectivity index (χ4n) is 2.55. The smallest absolute Gasteiger partial charge is 0.408 e. The summed E-state index contributed by atoms with van der Waals surface area (Å²) >= 11 is 0. The van der Waals surface area contributed by atoms with Crippen LogP contribution in [0.15, 0.2) is 38.5 Å². The number of guanidine groups is 1. The molecule has 1 heterocycles. The van der Waals surface area contributed by atoms with Crippen molar-refractivity contribution in [2.45, 2.75) is 52.2 Å². The number of benzene rings is 1. The molecule has 1 aromatic heterocycles. The van der Waals surface area contributed by atoms with E-state index >= 15 is 0 Å². The summed E-state index contributed by atoms with van der Waals surface area (Å²) in [7, 11) is 0. The van der Waals surface area contributed by atoms with Crippen molar-refractivity contribution in [2.24, 2.45) is 16.5 Å². The summed E-state index contributed by atoms with van der Waals surface area (Å²) in [5.41, 5.74) is 16.9. The van der Waals surface area contributed by atoms with Gasteiger partial charge in [-0.05, 0) is 58.2 Å². The van der Waals surface area contributed by atoms with Crippen molar-refractivity contribution in [3.05, 3.63) is 40.2 Å². The Morgan fingerprint density at radius 3 is 2.47 bits per heavy atom. The second-order valence-electron chi connectivity index (χ2n) is 7.99. The molecule has 2 rings (SSSR count). The minimum absolute atomic E-state index is 0.0491. The van der Waals surface area contributed by atoms with Crippen LogP contribution in [0.2, 0.25) is 0 Å². The van der Waals surface area contributed by atoms with Gasteiger partial charge in [0, 0.05) is 29.8 Å². The molecule has 0 saturated heterocycles. The number of anilines is 1. The number of carbonyl (C=O) groups excluding carboxylic acids is 1. The first-order chi connectivity index (χ1) is 14.8. The number of carboxylic acid groups (broad SMARTS) is 1. The van der Waals surface area contributed by atoms with Crippen molar-refractivity contribution in [3.8, 4) is 0 Å². The van der Waals surface area contributed by atoms with Gasteiger partial charge in [-0.25, -0.2) is 14.4 Å². The molecule has 1 atom stereocenters. The highest BCUT2D eigenvalue weighted by atomic mass is 16.6. The Labute approximate surface area is 185 Å². The van der Waals surface area contributed by atoms with Gasteiger partial charge in [-0.15, -0.1) is 0 Å². The Morgan fingerprint density at radius 1 is 1.25 bits per heavy atom. The van der Waals surface area contributed by atoms with Crippen molar-refractivity contribution in [3.63, 3.8) is 0 Å². The predicted molar refractivity (Wildman–Crippen MR) is 122 cm³/mol. The van der Waals surface area contributed by atoms with Crippen LogP contribution in [0.25, 0.3) is 11.0 Å². The number of aliphatic carboxylic acids is 1. The van der Waals surface area contributed by atoms with Crippen LogP contribution in [0.1, 0.15) is 39.2 Å². The monoisotopic (exact) mass is 449 g/mol. The number of carboxylic acids is 1. The summed E-state index contributed by atoms with van der Waals surface area (Å²) in [6.45, 7) is 7.26. The fraction of sp³-hybridized carbons (Fsp3) is 0.429. The summed E-state index contributed by atoms with van der Waals surface area (Å²) in [6.07, 6.45) is -0.113. The van der Waals surface area contributed by atoms with Crippen molar-refractivity contribution in [1.82, 2.24) is 5.32 Å². The molecule has 0 aliphatic carbocycles. The van der Waals surface area contributed by atoms with E-state index in [9.17, 15) is 14.4 Å². The van der Waals surface area contributed by atoms with E-state index < -0.39 is 23.7 Å². The number of ether oxygens (including phenoxy) is 1. The molecule has 1 aromatic carbocycles. The highest BCUT2D eigenvalue weighted by molar-refractivity contribution is 5.82. The number of hydrogen-bond acceptors (Lipinski definition) is 7. The number of fused-ring (bicyclic) bond motifs is 1. The number of nitrogens with zero attached hydrogens (tertiary/aromatic N) is 1. The number of rotatable bonds is 6. The van der Waals surface area contributed by atoms with E-state index in [-0.39, 0.29) is 18.0 Å². The number of hydrogen-bond donors (Lipinski definition) is 5. The first kappa shape index (κ1) is 26.3. The molecule has 0 aliphatic rings. The molecule has 2 aromatic rings. The first-order valence-electron chi connectivity index (χ1n) is 9.86. The maximum atomic E-state index is 11.5. The van der Waals surface area contributed by atoms with E-state index in [4.69, 9.17) is 31.5 Å². The molecule has 32 heavy (non-hydrogen) atoms. The Hall–Kier alpha value is -3.76. The molecule has 1 unspecified atom stereocenters. The van der Waals surface area contributed by atoms with E-state index in [1.165, 1.54) is 6.07 Å². The molecule has 176 valence electrons.